The van der Waals surface area contributed by atoms with Crippen molar-refractivity contribution in [1.82, 2.24) is 15.1 Å². The number of likely N-dealkylation sites (N-methyl/N-ethyl adjacent to an activating group) is 1. The van der Waals surface area contributed by atoms with Gasteiger partial charge in [0.1, 0.15) is 0 Å². The number of aryl methyl sites for hydroxylation is 2. The summed E-state index contributed by atoms with van der Waals surface area (Å²) in [5.41, 5.74) is 3.57. The lowest BCUT2D eigenvalue weighted by molar-refractivity contribution is 0.615. The van der Waals surface area contributed by atoms with Gasteiger partial charge in [0.15, 0.2) is 0 Å². The third-order valence-electron chi connectivity index (χ3n) is 2.17. The molecule has 0 bridgehead atoms. The predicted octanol–water partition coefficient (Wildman–Crippen LogP) is 1.96. The van der Waals surface area contributed by atoms with E-state index >= 15 is 0 Å². The van der Waals surface area contributed by atoms with Gasteiger partial charge in [-0.3, -0.25) is 4.68 Å². The van der Waals surface area contributed by atoms with Crippen LogP contribution in [0.4, 0.5) is 0 Å². The normalized spacial score (nSPS) is 12.6. The van der Waals surface area contributed by atoms with Gasteiger partial charge in [-0.25, -0.2) is 0 Å². The Kier molecular flexibility index (Phi) is 3.47. The van der Waals surface area contributed by atoms with Crippen LogP contribution < -0.4 is 5.32 Å². The van der Waals surface area contributed by atoms with Crippen LogP contribution in [-0.2, 0) is 7.05 Å². The fourth-order valence-corrected chi connectivity index (χ4v) is 1.57. The van der Waals surface area contributed by atoms with Crippen LogP contribution in [0.25, 0.3) is 0 Å². The van der Waals surface area contributed by atoms with Gasteiger partial charge in [0.05, 0.1) is 17.4 Å². The van der Waals surface area contributed by atoms with Gasteiger partial charge >= 0.3 is 0 Å². The zero-order valence-corrected chi connectivity index (χ0v) is 9.63. The first-order chi connectivity index (χ1) is 6.54. The van der Waals surface area contributed by atoms with Crippen molar-refractivity contribution in [3.63, 3.8) is 0 Å². The number of hydrogen-bond acceptors (Lipinski definition) is 2. The second kappa shape index (κ2) is 4.42. The molecule has 1 heterocycles. The maximum atomic E-state index is 4.33. The van der Waals surface area contributed by atoms with Crippen LogP contribution in [0.15, 0.2) is 17.7 Å². The number of allylic oxidation sites excluding steroid dienone is 1. The molecule has 1 atom stereocenters. The molecule has 0 aliphatic carbocycles. The topological polar surface area (TPSA) is 29.9 Å². The first-order valence-corrected chi connectivity index (χ1v) is 4.87. The van der Waals surface area contributed by atoms with E-state index in [0.717, 1.165) is 5.69 Å². The fourth-order valence-electron chi connectivity index (χ4n) is 1.57. The smallest absolute Gasteiger partial charge is 0.0678 e. The molecule has 3 nitrogen and oxygen atoms in total. The van der Waals surface area contributed by atoms with Crippen LogP contribution in [0, 0.1) is 6.92 Å². The predicted molar refractivity (Wildman–Crippen MR) is 59.2 cm³/mol. The molecule has 0 saturated heterocycles. The third kappa shape index (κ3) is 2.45. The second-order valence-corrected chi connectivity index (χ2v) is 3.84. The summed E-state index contributed by atoms with van der Waals surface area (Å²) in [6.07, 6.45) is 2.20. The third-order valence-corrected chi connectivity index (χ3v) is 2.17. The summed E-state index contributed by atoms with van der Waals surface area (Å²) in [5, 5.41) is 7.60. The zero-order chi connectivity index (χ0) is 10.7. The Labute approximate surface area is 85.8 Å². The van der Waals surface area contributed by atoms with Crippen LogP contribution in [0.2, 0.25) is 0 Å². The summed E-state index contributed by atoms with van der Waals surface area (Å²) in [6, 6.07) is 2.37. The van der Waals surface area contributed by atoms with Gasteiger partial charge in [-0.1, -0.05) is 11.6 Å². The summed E-state index contributed by atoms with van der Waals surface area (Å²) < 4.78 is 1.93. The lowest BCUT2D eigenvalue weighted by Crippen LogP contribution is -2.17. The van der Waals surface area contributed by atoms with Crippen LogP contribution in [-0.4, -0.2) is 16.8 Å². The molecule has 0 spiro atoms. The van der Waals surface area contributed by atoms with E-state index in [0.29, 0.717) is 0 Å². The van der Waals surface area contributed by atoms with Gasteiger partial charge in [-0.15, -0.1) is 0 Å². The highest BCUT2D eigenvalue weighted by Gasteiger charge is 2.10. The Bertz CT molecular complexity index is 332. The first kappa shape index (κ1) is 11.0. The van der Waals surface area contributed by atoms with E-state index in [2.05, 4.69) is 36.4 Å². The number of hydrogen-bond donors (Lipinski definition) is 1. The monoisotopic (exact) mass is 193 g/mol. The van der Waals surface area contributed by atoms with Crippen molar-refractivity contribution in [2.24, 2.45) is 7.05 Å². The van der Waals surface area contributed by atoms with Crippen molar-refractivity contribution < 1.29 is 0 Å². The molecule has 78 valence electrons. The van der Waals surface area contributed by atoms with Gasteiger partial charge in [0, 0.05) is 7.05 Å². The minimum atomic E-state index is 0.256. The quantitative estimate of drug-likeness (QED) is 0.744. The van der Waals surface area contributed by atoms with Crippen LogP contribution in [0.3, 0.4) is 0 Å². The zero-order valence-electron chi connectivity index (χ0n) is 9.63. The van der Waals surface area contributed by atoms with Crippen molar-refractivity contribution in [2.75, 3.05) is 7.05 Å². The highest BCUT2D eigenvalue weighted by atomic mass is 15.3. The van der Waals surface area contributed by atoms with E-state index in [1.165, 1.54) is 11.3 Å². The molecule has 0 saturated carbocycles. The summed E-state index contributed by atoms with van der Waals surface area (Å²) in [6.45, 7) is 6.22. The van der Waals surface area contributed by atoms with Crippen molar-refractivity contribution in [3.05, 3.63) is 29.1 Å². The molecule has 1 rings (SSSR count). The standard InChI is InChI=1S/C11H19N3/c1-8(2)6-10(12-4)11-7-9(3)13-14(11)5/h6-7,10,12H,1-5H3. The van der Waals surface area contributed by atoms with Crippen molar-refractivity contribution in [2.45, 2.75) is 26.8 Å². The number of nitrogens with zero attached hydrogens (tertiary/aromatic N) is 2. The fraction of sp³-hybridized carbons (Fsp3) is 0.545. The Morgan fingerprint density at radius 3 is 2.57 bits per heavy atom. The average molecular weight is 193 g/mol. The maximum absolute atomic E-state index is 4.33. The molecule has 1 unspecified atom stereocenters. The van der Waals surface area contributed by atoms with E-state index in [-0.39, 0.29) is 6.04 Å². The average Bonchev–Trinajstić information content (AvgIpc) is 2.41. The van der Waals surface area contributed by atoms with Crippen molar-refractivity contribution >= 4 is 0 Å². The Morgan fingerprint density at radius 2 is 2.21 bits per heavy atom. The van der Waals surface area contributed by atoms with Gasteiger partial charge in [-0.05, 0) is 33.9 Å². The summed E-state index contributed by atoms with van der Waals surface area (Å²) >= 11 is 0. The molecular weight excluding hydrogens is 174 g/mol. The van der Waals surface area contributed by atoms with Gasteiger partial charge in [-0.2, -0.15) is 5.10 Å². The molecule has 0 fully saturated rings. The van der Waals surface area contributed by atoms with E-state index in [4.69, 9.17) is 0 Å². The molecule has 0 amide bonds. The van der Waals surface area contributed by atoms with E-state index in [1.54, 1.807) is 0 Å². The lowest BCUT2D eigenvalue weighted by Gasteiger charge is -2.12. The highest BCUT2D eigenvalue weighted by molar-refractivity contribution is 5.19. The Morgan fingerprint density at radius 1 is 1.57 bits per heavy atom. The molecule has 3 heteroatoms. The molecule has 1 aromatic heterocycles. The molecule has 14 heavy (non-hydrogen) atoms. The van der Waals surface area contributed by atoms with Crippen LogP contribution in [0.1, 0.15) is 31.3 Å². The van der Waals surface area contributed by atoms with Crippen LogP contribution in [0.5, 0.6) is 0 Å². The number of nitrogens with one attached hydrogen (secondary N) is 1. The van der Waals surface area contributed by atoms with Gasteiger partial charge < -0.3 is 5.32 Å². The summed E-state index contributed by atoms with van der Waals surface area (Å²) in [7, 11) is 3.94. The van der Waals surface area contributed by atoms with Crippen molar-refractivity contribution in [1.29, 1.82) is 0 Å². The molecule has 0 radical (unpaired) electrons. The summed E-state index contributed by atoms with van der Waals surface area (Å²) in [4.78, 5) is 0. The number of rotatable bonds is 3. The SMILES string of the molecule is CNC(C=C(C)C)c1cc(C)nn1C. The van der Waals surface area contributed by atoms with Gasteiger partial charge in [0.25, 0.3) is 0 Å². The van der Waals surface area contributed by atoms with E-state index in [9.17, 15) is 0 Å². The second-order valence-electron chi connectivity index (χ2n) is 3.84. The minimum absolute atomic E-state index is 0.256. The lowest BCUT2D eigenvalue weighted by atomic mass is 10.1. The van der Waals surface area contributed by atoms with Crippen LogP contribution >= 0.6 is 0 Å². The first-order valence-electron chi connectivity index (χ1n) is 4.87. The van der Waals surface area contributed by atoms with Crippen molar-refractivity contribution in [3.8, 4) is 0 Å². The molecular formula is C11H19N3. The van der Waals surface area contributed by atoms with E-state index in [1.807, 2.05) is 25.7 Å². The van der Waals surface area contributed by atoms with E-state index < -0.39 is 0 Å². The maximum Gasteiger partial charge on any atom is 0.0678 e. The van der Waals surface area contributed by atoms with Gasteiger partial charge in [0.2, 0.25) is 0 Å². The Balaban J connectivity index is 3.00. The molecule has 0 aliphatic heterocycles. The molecule has 0 aliphatic rings. The Hall–Kier alpha value is -1.09. The summed E-state index contributed by atoms with van der Waals surface area (Å²) in [5.74, 6) is 0. The molecule has 1 aromatic rings. The molecule has 0 aromatic carbocycles. The largest absolute Gasteiger partial charge is 0.309 e. The molecule has 1 N–H and O–H groups in total. The highest BCUT2D eigenvalue weighted by Crippen LogP contribution is 2.15. The number of aromatic nitrogens is 2. The minimum Gasteiger partial charge on any atom is -0.309 e.